The van der Waals surface area contributed by atoms with E-state index in [2.05, 4.69) is 24.1 Å². The van der Waals surface area contributed by atoms with E-state index in [1.165, 1.54) is 0 Å². The molecule has 11 heavy (non-hydrogen) atoms. The van der Waals surface area contributed by atoms with E-state index >= 15 is 0 Å². The van der Waals surface area contributed by atoms with Gasteiger partial charge in [-0.25, -0.2) is 0 Å². The second-order valence-electron chi connectivity index (χ2n) is 3.09. The predicted octanol–water partition coefficient (Wildman–Crippen LogP) is 2.94. The van der Waals surface area contributed by atoms with E-state index in [1.807, 2.05) is 25.2 Å². The van der Waals surface area contributed by atoms with Crippen molar-refractivity contribution in [3.63, 3.8) is 0 Å². The summed E-state index contributed by atoms with van der Waals surface area (Å²) in [5, 5.41) is 8.22. The molecule has 0 saturated carbocycles. The molecule has 0 amide bonds. The van der Waals surface area contributed by atoms with Crippen LogP contribution in [0.15, 0.2) is 34.2 Å². The number of rotatable bonds is 1. The molecular weight excluding hydrogens is 136 g/mol. The van der Waals surface area contributed by atoms with Gasteiger partial charge in [-0.05, 0) is 18.9 Å². The highest BCUT2D eigenvalue weighted by Crippen LogP contribution is 2.14. The van der Waals surface area contributed by atoms with Crippen LogP contribution in [0.4, 0.5) is 0 Å². The monoisotopic (exact) mass is 150 g/mol. The lowest BCUT2D eigenvalue weighted by Crippen LogP contribution is -1.90. The van der Waals surface area contributed by atoms with Crippen LogP contribution in [-0.2, 0) is 0 Å². The Balaban J connectivity index is 2.76. The van der Waals surface area contributed by atoms with Crippen molar-refractivity contribution in [1.82, 2.24) is 0 Å². The summed E-state index contributed by atoms with van der Waals surface area (Å²) in [5.41, 5.74) is 1.06. The molecule has 1 aliphatic rings. The quantitative estimate of drug-likeness (QED) is 0.549. The molecule has 1 rings (SSSR count). The summed E-state index contributed by atoms with van der Waals surface area (Å²) in [7, 11) is 0. The predicted molar refractivity (Wildman–Crippen MR) is 46.4 cm³/mol. The van der Waals surface area contributed by atoms with E-state index < -0.39 is 0 Å². The average Bonchev–Trinajstić information content (AvgIpc) is 2.13. The van der Waals surface area contributed by atoms with Crippen molar-refractivity contribution < 1.29 is 0 Å². The summed E-state index contributed by atoms with van der Waals surface area (Å²) in [5.74, 6) is 0.466. The highest BCUT2D eigenvalue weighted by molar-refractivity contribution is 5.15. The maximum absolute atomic E-state index is 4.13. The van der Waals surface area contributed by atoms with Crippen LogP contribution in [0.3, 0.4) is 0 Å². The van der Waals surface area contributed by atoms with Gasteiger partial charge in [-0.3, -0.25) is 0 Å². The molecule has 0 aliphatic carbocycles. The molecule has 1 aliphatic heterocycles. The Morgan fingerprint density at radius 3 is 2.82 bits per heavy atom. The first-order valence-corrected chi connectivity index (χ1v) is 3.99. The van der Waals surface area contributed by atoms with Gasteiger partial charge in [0.25, 0.3) is 0 Å². The summed E-state index contributed by atoms with van der Waals surface area (Å²) in [6.07, 6.45) is 6.09. The molecule has 1 atom stereocenters. The van der Waals surface area contributed by atoms with Crippen LogP contribution in [0.2, 0.25) is 0 Å². The second-order valence-corrected chi connectivity index (χ2v) is 3.09. The zero-order chi connectivity index (χ0) is 8.27. The molecule has 60 valence electrons. The Morgan fingerprint density at radius 1 is 1.45 bits per heavy atom. The van der Waals surface area contributed by atoms with E-state index in [0.717, 1.165) is 5.70 Å². The molecule has 0 saturated heterocycles. The van der Waals surface area contributed by atoms with Gasteiger partial charge in [0.1, 0.15) is 0 Å². The van der Waals surface area contributed by atoms with Crippen LogP contribution in [0, 0.1) is 5.92 Å². The number of allylic oxidation sites excluding steroid dienone is 3. The summed E-state index contributed by atoms with van der Waals surface area (Å²) in [4.78, 5) is 0. The van der Waals surface area contributed by atoms with Crippen molar-refractivity contribution in [2.24, 2.45) is 16.1 Å². The topological polar surface area (TPSA) is 24.7 Å². The van der Waals surface area contributed by atoms with Crippen LogP contribution in [-0.4, -0.2) is 6.04 Å². The van der Waals surface area contributed by atoms with Crippen molar-refractivity contribution >= 4 is 0 Å². The Labute approximate surface area is 67.7 Å². The van der Waals surface area contributed by atoms with Crippen LogP contribution >= 0.6 is 0 Å². The molecule has 2 nitrogen and oxygen atoms in total. The summed E-state index contributed by atoms with van der Waals surface area (Å²) < 4.78 is 0. The van der Waals surface area contributed by atoms with Gasteiger partial charge in [0.2, 0.25) is 0 Å². The lowest BCUT2D eigenvalue weighted by atomic mass is 10.1. The zero-order valence-electron chi connectivity index (χ0n) is 7.28. The van der Waals surface area contributed by atoms with Crippen molar-refractivity contribution in [3.05, 3.63) is 23.9 Å². The van der Waals surface area contributed by atoms with Crippen molar-refractivity contribution in [2.75, 3.05) is 0 Å². The second kappa shape index (κ2) is 3.46. The highest BCUT2D eigenvalue weighted by Gasteiger charge is 2.03. The molecule has 0 spiro atoms. The van der Waals surface area contributed by atoms with Gasteiger partial charge in [0, 0.05) is 0 Å². The molecule has 0 radical (unpaired) electrons. The molecule has 1 unspecified atom stereocenters. The highest BCUT2D eigenvalue weighted by atomic mass is 15.1. The maximum Gasteiger partial charge on any atom is 0.0867 e. The standard InChI is InChI=1S/C9H14N2/c1-7(2)9-6-4-5-8(3)10-11-9/h4-8H,1-3H3. The van der Waals surface area contributed by atoms with Gasteiger partial charge in [-0.2, -0.15) is 10.2 Å². The smallest absolute Gasteiger partial charge is 0.0867 e. The van der Waals surface area contributed by atoms with Gasteiger partial charge in [-0.1, -0.05) is 26.0 Å². The van der Waals surface area contributed by atoms with Gasteiger partial charge in [0.15, 0.2) is 0 Å². The number of hydrogen-bond acceptors (Lipinski definition) is 2. The first-order chi connectivity index (χ1) is 5.20. The van der Waals surface area contributed by atoms with E-state index in [-0.39, 0.29) is 6.04 Å². The van der Waals surface area contributed by atoms with Gasteiger partial charge >= 0.3 is 0 Å². The minimum Gasteiger partial charge on any atom is -0.182 e. The fourth-order valence-electron chi connectivity index (χ4n) is 0.852. The van der Waals surface area contributed by atoms with E-state index in [4.69, 9.17) is 0 Å². The van der Waals surface area contributed by atoms with Gasteiger partial charge in [-0.15, -0.1) is 0 Å². The zero-order valence-corrected chi connectivity index (χ0v) is 7.28. The lowest BCUT2D eigenvalue weighted by Gasteiger charge is -2.01. The SMILES string of the molecule is CC1C=CC=C(C(C)C)N=N1. The lowest BCUT2D eigenvalue weighted by molar-refractivity contribution is 0.720. The molecule has 0 aromatic heterocycles. The van der Waals surface area contributed by atoms with E-state index in [0.29, 0.717) is 5.92 Å². The van der Waals surface area contributed by atoms with Crippen molar-refractivity contribution in [2.45, 2.75) is 26.8 Å². The van der Waals surface area contributed by atoms with Crippen molar-refractivity contribution in [1.29, 1.82) is 0 Å². The summed E-state index contributed by atoms with van der Waals surface area (Å²) in [6, 6.07) is 0.225. The van der Waals surface area contributed by atoms with Crippen LogP contribution in [0.1, 0.15) is 20.8 Å². The van der Waals surface area contributed by atoms with Gasteiger partial charge in [0.05, 0.1) is 11.7 Å². The van der Waals surface area contributed by atoms with Crippen LogP contribution < -0.4 is 0 Å². The van der Waals surface area contributed by atoms with Crippen molar-refractivity contribution in [3.8, 4) is 0 Å². The first kappa shape index (κ1) is 8.18. The Hall–Kier alpha value is -0.920. The Kier molecular flexibility index (Phi) is 2.58. The average molecular weight is 150 g/mol. The van der Waals surface area contributed by atoms with E-state index in [1.54, 1.807) is 0 Å². The maximum atomic E-state index is 4.13. The minimum atomic E-state index is 0.225. The molecule has 0 aromatic carbocycles. The summed E-state index contributed by atoms with van der Waals surface area (Å²) in [6.45, 7) is 6.26. The normalized spacial score (nSPS) is 23.6. The van der Waals surface area contributed by atoms with E-state index in [9.17, 15) is 0 Å². The number of nitrogens with zero attached hydrogens (tertiary/aromatic N) is 2. The summed E-state index contributed by atoms with van der Waals surface area (Å²) >= 11 is 0. The first-order valence-electron chi connectivity index (χ1n) is 3.99. The van der Waals surface area contributed by atoms with Gasteiger partial charge < -0.3 is 0 Å². The third kappa shape index (κ3) is 2.30. The molecular formula is C9H14N2. The number of hydrogen-bond donors (Lipinski definition) is 0. The third-order valence-electron chi connectivity index (χ3n) is 1.60. The molecule has 0 bridgehead atoms. The third-order valence-corrected chi connectivity index (χ3v) is 1.60. The fraction of sp³-hybridized carbons (Fsp3) is 0.556. The van der Waals surface area contributed by atoms with Crippen LogP contribution in [0.5, 0.6) is 0 Å². The Bertz CT molecular complexity index is 212. The molecule has 1 heterocycles. The molecule has 2 heteroatoms. The largest absolute Gasteiger partial charge is 0.182 e. The molecule has 0 aromatic rings. The minimum absolute atomic E-state index is 0.225. The Morgan fingerprint density at radius 2 is 2.18 bits per heavy atom. The van der Waals surface area contributed by atoms with Crippen LogP contribution in [0.25, 0.3) is 0 Å². The molecule has 0 N–H and O–H groups in total. The number of azo groups is 1. The fourth-order valence-corrected chi connectivity index (χ4v) is 0.852. The molecule has 0 fully saturated rings.